The fraction of sp³-hybridized carbons (Fsp3) is 0.400. The van der Waals surface area contributed by atoms with E-state index < -0.39 is 11.9 Å². The Morgan fingerprint density at radius 2 is 1.83 bits per heavy atom. The molecule has 29 heavy (non-hydrogen) atoms. The number of anilines is 1. The fourth-order valence-electron chi connectivity index (χ4n) is 3.37. The first-order chi connectivity index (χ1) is 13.7. The first kappa shape index (κ1) is 21.7. The lowest BCUT2D eigenvalue weighted by Crippen LogP contribution is -2.38. The Morgan fingerprint density at radius 3 is 2.45 bits per heavy atom. The van der Waals surface area contributed by atoms with E-state index in [1.54, 1.807) is 18.2 Å². The highest BCUT2D eigenvalue weighted by Gasteiger charge is 2.32. The zero-order valence-corrected chi connectivity index (χ0v) is 16.9. The molecule has 1 fully saturated rings. The van der Waals surface area contributed by atoms with Gasteiger partial charge in [0.2, 0.25) is 0 Å². The number of pyridine rings is 1. The second-order valence-corrected chi connectivity index (χ2v) is 7.97. The summed E-state index contributed by atoms with van der Waals surface area (Å²) in [6.45, 7) is 0.647. The molecule has 1 aliphatic carbocycles. The second-order valence-electron chi connectivity index (χ2n) is 7.13. The summed E-state index contributed by atoms with van der Waals surface area (Å²) < 4.78 is 37.6. The van der Waals surface area contributed by atoms with E-state index in [4.69, 9.17) is 23.2 Å². The smallest absolute Gasteiger partial charge is 0.384 e. The summed E-state index contributed by atoms with van der Waals surface area (Å²) in [4.78, 5) is 15.9. The van der Waals surface area contributed by atoms with E-state index in [9.17, 15) is 18.0 Å². The lowest BCUT2D eigenvalue weighted by Gasteiger charge is -2.29. The van der Waals surface area contributed by atoms with Crippen molar-refractivity contribution in [2.24, 2.45) is 5.92 Å². The van der Waals surface area contributed by atoms with Crippen LogP contribution in [0.25, 0.3) is 0 Å². The number of hydrogen-bond donors (Lipinski definition) is 2. The molecule has 0 bridgehead atoms. The predicted octanol–water partition coefficient (Wildman–Crippen LogP) is 5.81. The molecule has 1 heterocycles. The van der Waals surface area contributed by atoms with E-state index >= 15 is 0 Å². The van der Waals surface area contributed by atoms with Gasteiger partial charge in [-0.25, -0.2) is 4.98 Å². The maximum Gasteiger partial charge on any atom is 0.433 e. The Hall–Kier alpha value is -1.99. The lowest BCUT2D eigenvalue weighted by molar-refractivity contribution is -0.141. The van der Waals surface area contributed by atoms with E-state index in [0.717, 1.165) is 31.7 Å². The van der Waals surface area contributed by atoms with Gasteiger partial charge in [-0.15, -0.1) is 0 Å². The Bertz CT molecular complexity index is 851. The number of alkyl halides is 3. The third-order valence-corrected chi connectivity index (χ3v) is 5.57. The summed E-state index contributed by atoms with van der Waals surface area (Å²) in [5.41, 5.74) is 0.0147. The zero-order chi connectivity index (χ0) is 21.0. The van der Waals surface area contributed by atoms with Crippen LogP contribution in [-0.4, -0.2) is 23.5 Å². The van der Waals surface area contributed by atoms with Gasteiger partial charge in [0, 0.05) is 17.6 Å². The van der Waals surface area contributed by atoms with Crippen molar-refractivity contribution in [1.29, 1.82) is 0 Å². The Labute approximate surface area is 176 Å². The normalized spacial score (nSPS) is 19.6. The molecule has 9 heteroatoms. The maximum atomic E-state index is 12.5. The number of nitrogens with zero attached hydrogens (tertiary/aromatic N) is 1. The first-order valence-corrected chi connectivity index (χ1v) is 10.0. The van der Waals surface area contributed by atoms with Crippen molar-refractivity contribution < 1.29 is 18.0 Å². The molecular formula is C20H20Cl2F3N3O. The van der Waals surface area contributed by atoms with Crippen molar-refractivity contribution in [2.75, 3.05) is 11.9 Å². The molecule has 2 aromatic rings. The third-order valence-electron chi connectivity index (χ3n) is 5.00. The molecule has 0 atom stereocenters. The van der Waals surface area contributed by atoms with E-state index in [1.165, 1.54) is 12.3 Å². The van der Waals surface area contributed by atoms with Gasteiger partial charge >= 0.3 is 6.18 Å². The summed E-state index contributed by atoms with van der Waals surface area (Å²) in [6.07, 6.45) is 0.202. The predicted molar refractivity (Wildman–Crippen MR) is 107 cm³/mol. The van der Waals surface area contributed by atoms with Crippen molar-refractivity contribution >= 4 is 34.8 Å². The molecule has 1 saturated carbocycles. The summed E-state index contributed by atoms with van der Waals surface area (Å²) in [7, 11) is 0. The largest absolute Gasteiger partial charge is 0.433 e. The van der Waals surface area contributed by atoms with Gasteiger partial charge in [0.25, 0.3) is 5.91 Å². The molecule has 1 aromatic heterocycles. The number of amides is 1. The van der Waals surface area contributed by atoms with Crippen LogP contribution in [0, 0.1) is 5.92 Å². The molecular weight excluding hydrogens is 426 g/mol. The standard InChI is InChI=1S/C20H20Cl2F3N3O/c21-13-3-7-17(22)16(9-13)19(29)28-14-4-1-12(2-5-14)10-26-15-6-8-18(27-11-15)20(23,24)25/h3,6-9,11-12,14,26H,1-2,4-5,10H2,(H,28,29). The average Bonchev–Trinajstić information content (AvgIpc) is 2.69. The molecule has 1 aliphatic rings. The molecule has 156 valence electrons. The van der Waals surface area contributed by atoms with Crippen molar-refractivity contribution in [1.82, 2.24) is 10.3 Å². The number of halogens is 5. The van der Waals surface area contributed by atoms with Crippen LogP contribution >= 0.6 is 23.2 Å². The van der Waals surface area contributed by atoms with E-state index in [0.29, 0.717) is 33.8 Å². The number of carbonyl (C=O) groups is 1. The number of aromatic nitrogens is 1. The Morgan fingerprint density at radius 1 is 1.10 bits per heavy atom. The highest BCUT2D eigenvalue weighted by atomic mass is 35.5. The monoisotopic (exact) mass is 445 g/mol. The number of hydrogen-bond acceptors (Lipinski definition) is 3. The number of benzene rings is 1. The summed E-state index contributed by atoms with van der Waals surface area (Å²) in [5, 5.41) is 6.95. The van der Waals surface area contributed by atoms with Gasteiger partial charge in [0.15, 0.2) is 0 Å². The van der Waals surface area contributed by atoms with Crippen LogP contribution in [0.5, 0.6) is 0 Å². The van der Waals surface area contributed by atoms with Gasteiger partial charge in [0.1, 0.15) is 5.69 Å². The Kier molecular flexibility index (Phi) is 6.90. The third kappa shape index (κ3) is 6.00. The lowest BCUT2D eigenvalue weighted by atomic mass is 9.86. The second kappa shape index (κ2) is 9.22. The summed E-state index contributed by atoms with van der Waals surface area (Å²) >= 11 is 12.0. The minimum absolute atomic E-state index is 0.0570. The van der Waals surface area contributed by atoms with Crippen LogP contribution < -0.4 is 10.6 Å². The molecule has 2 N–H and O–H groups in total. The van der Waals surface area contributed by atoms with Crippen LogP contribution in [0.2, 0.25) is 10.0 Å². The molecule has 1 amide bonds. The number of rotatable bonds is 5. The van der Waals surface area contributed by atoms with Crippen LogP contribution in [0.15, 0.2) is 36.5 Å². The highest BCUT2D eigenvalue weighted by molar-refractivity contribution is 6.35. The van der Waals surface area contributed by atoms with Gasteiger partial charge in [0.05, 0.1) is 22.5 Å². The molecule has 0 spiro atoms. The molecule has 1 aromatic carbocycles. The molecule has 4 nitrogen and oxygen atoms in total. The Balaban J connectivity index is 1.44. The van der Waals surface area contributed by atoms with Crippen molar-refractivity contribution in [3.05, 3.63) is 57.8 Å². The van der Waals surface area contributed by atoms with Gasteiger partial charge in [-0.2, -0.15) is 13.2 Å². The van der Waals surface area contributed by atoms with E-state index in [-0.39, 0.29) is 11.9 Å². The minimum atomic E-state index is -4.43. The topological polar surface area (TPSA) is 54.0 Å². The number of nitrogens with one attached hydrogen (secondary N) is 2. The molecule has 0 saturated heterocycles. The summed E-state index contributed by atoms with van der Waals surface area (Å²) in [6, 6.07) is 7.18. The minimum Gasteiger partial charge on any atom is -0.384 e. The van der Waals surface area contributed by atoms with Gasteiger partial charge in [-0.05, 0) is 61.9 Å². The van der Waals surface area contributed by atoms with Gasteiger partial charge < -0.3 is 10.6 Å². The van der Waals surface area contributed by atoms with Crippen molar-refractivity contribution in [3.8, 4) is 0 Å². The molecule has 0 unspecified atom stereocenters. The molecule has 0 aliphatic heterocycles. The SMILES string of the molecule is O=C(NC1CCC(CNc2ccc(C(F)(F)F)nc2)CC1)c1cc(Cl)ccc1Cl. The van der Waals surface area contributed by atoms with E-state index in [2.05, 4.69) is 15.6 Å². The quantitative estimate of drug-likeness (QED) is 0.610. The highest BCUT2D eigenvalue weighted by Crippen LogP contribution is 2.29. The first-order valence-electron chi connectivity index (χ1n) is 9.25. The van der Waals surface area contributed by atoms with Gasteiger partial charge in [-0.3, -0.25) is 4.79 Å². The van der Waals surface area contributed by atoms with Crippen molar-refractivity contribution in [2.45, 2.75) is 37.9 Å². The summed E-state index contributed by atoms with van der Waals surface area (Å²) in [5.74, 6) is 0.134. The molecule has 3 rings (SSSR count). The average molecular weight is 446 g/mol. The fourth-order valence-corrected chi connectivity index (χ4v) is 3.75. The van der Waals surface area contributed by atoms with Gasteiger partial charge in [-0.1, -0.05) is 23.2 Å². The van der Waals surface area contributed by atoms with Crippen LogP contribution in [0.1, 0.15) is 41.7 Å². The van der Waals surface area contributed by atoms with Crippen LogP contribution in [-0.2, 0) is 6.18 Å². The van der Waals surface area contributed by atoms with Crippen molar-refractivity contribution in [3.63, 3.8) is 0 Å². The van der Waals surface area contributed by atoms with Crippen LogP contribution in [0.4, 0.5) is 18.9 Å². The zero-order valence-electron chi connectivity index (χ0n) is 15.4. The maximum absolute atomic E-state index is 12.5. The van der Waals surface area contributed by atoms with E-state index in [1.807, 2.05) is 0 Å². The molecule has 0 radical (unpaired) electrons. The van der Waals surface area contributed by atoms with Crippen LogP contribution in [0.3, 0.4) is 0 Å². The number of carbonyl (C=O) groups excluding carboxylic acids is 1.